The van der Waals surface area contributed by atoms with Gasteiger partial charge in [0, 0.05) is 11.7 Å². The average molecular weight is 309 g/mol. The molecule has 2 rings (SSSR count). The van der Waals surface area contributed by atoms with E-state index in [-0.39, 0.29) is 5.69 Å². The second-order valence-electron chi connectivity index (χ2n) is 4.62. The van der Waals surface area contributed by atoms with Crippen LogP contribution < -0.4 is 16.0 Å². The zero-order valence-corrected chi connectivity index (χ0v) is 12.3. The Morgan fingerprint density at radius 1 is 1.10 bits per heavy atom. The van der Waals surface area contributed by atoms with Crippen molar-refractivity contribution in [3.63, 3.8) is 0 Å². The fourth-order valence-electron chi connectivity index (χ4n) is 2.01. The first-order valence-corrected chi connectivity index (χ1v) is 7.70. The molecule has 3 N–H and O–H groups in total. The van der Waals surface area contributed by atoms with Crippen LogP contribution >= 0.6 is 0 Å². The maximum absolute atomic E-state index is 12.3. The van der Waals surface area contributed by atoms with Crippen LogP contribution in [-0.2, 0) is 10.0 Å². The van der Waals surface area contributed by atoms with Gasteiger partial charge in [-0.15, -0.1) is 0 Å². The first-order chi connectivity index (χ1) is 9.81. The molecule has 2 aromatic rings. The average Bonchev–Trinajstić information content (AvgIpc) is 2.37. The van der Waals surface area contributed by atoms with E-state index in [1.165, 1.54) is 6.92 Å². The van der Waals surface area contributed by atoms with Crippen molar-refractivity contribution in [2.45, 2.75) is 24.8 Å². The van der Waals surface area contributed by atoms with Crippen LogP contribution in [0.4, 0.5) is 0 Å². The molecule has 7 nitrogen and oxygen atoms in total. The second-order valence-corrected chi connectivity index (χ2v) is 6.27. The van der Waals surface area contributed by atoms with Gasteiger partial charge in [0.1, 0.15) is 0 Å². The van der Waals surface area contributed by atoms with E-state index < -0.39 is 32.2 Å². The number of aromatic nitrogens is 2. The van der Waals surface area contributed by atoms with Crippen molar-refractivity contribution in [1.82, 2.24) is 14.7 Å². The lowest BCUT2D eigenvalue weighted by Crippen LogP contribution is -2.35. The Bertz CT molecular complexity index is 853. The lowest BCUT2D eigenvalue weighted by atomic mass is 10.1. The monoisotopic (exact) mass is 309 g/mol. The molecular formula is C13H15N3O4S. The molecule has 0 aliphatic rings. The lowest BCUT2D eigenvalue weighted by molar-refractivity contribution is 0.563. The number of hydrogen-bond acceptors (Lipinski definition) is 4. The van der Waals surface area contributed by atoms with Gasteiger partial charge in [-0.1, -0.05) is 30.3 Å². The van der Waals surface area contributed by atoms with Crippen molar-refractivity contribution in [2.75, 3.05) is 0 Å². The van der Waals surface area contributed by atoms with E-state index in [9.17, 15) is 18.0 Å². The Labute approximate surface area is 121 Å². The first kappa shape index (κ1) is 15.2. The minimum Gasteiger partial charge on any atom is -0.310 e. The summed E-state index contributed by atoms with van der Waals surface area (Å²) in [6, 6.07) is 8.44. The number of sulfonamides is 1. The molecule has 1 aromatic heterocycles. The van der Waals surface area contributed by atoms with E-state index in [0.717, 1.165) is 5.56 Å². The van der Waals surface area contributed by atoms with Crippen molar-refractivity contribution in [3.05, 3.63) is 62.4 Å². The van der Waals surface area contributed by atoms with Crippen LogP contribution in [0.25, 0.3) is 0 Å². The predicted octanol–water partition coefficient (Wildman–Crippen LogP) is 0.411. The van der Waals surface area contributed by atoms with E-state index in [1.54, 1.807) is 31.2 Å². The zero-order valence-electron chi connectivity index (χ0n) is 11.5. The van der Waals surface area contributed by atoms with E-state index in [0.29, 0.717) is 0 Å². The van der Waals surface area contributed by atoms with Gasteiger partial charge in [-0.25, -0.2) is 17.9 Å². The molecule has 0 saturated carbocycles. The molecule has 0 aliphatic heterocycles. The van der Waals surface area contributed by atoms with Gasteiger partial charge in [-0.3, -0.25) is 9.78 Å². The highest BCUT2D eigenvalue weighted by Gasteiger charge is 2.24. The van der Waals surface area contributed by atoms with Crippen molar-refractivity contribution in [1.29, 1.82) is 0 Å². The van der Waals surface area contributed by atoms with E-state index >= 15 is 0 Å². The van der Waals surface area contributed by atoms with Crippen LogP contribution in [0.5, 0.6) is 0 Å². The van der Waals surface area contributed by atoms with Crippen LogP contribution in [0, 0.1) is 6.92 Å². The highest BCUT2D eigenvalue weighted by molar-refractivity contribution is 7.89. The van der Waals surface area contributed by atoms with Crippen molar-refractivity contribution in [3.8, 4) is 0 Å². The number of nitrogens with one attached hydrogen (secondary N) is 3. The Hall–Kier alpha value is -2.19. The summed E-state index contributed by atoms with van der Waals surface area (Å²) in [5, 5.41) is 0. The predicted molar refractivity (Wildman–Crippen MR) is 77.6 cm³/mol. The summed E-state index contributed by atoms with van der Waals surface area (Å²) in [6.07, 6.45) is 0. The summed E-state index contributed by atoms with van der Waals surface area (Å²) in [5.41, 5.74) is -0.923. The molecule has 1 unspecified atom stereocenters. The normalized spacial score (nSPS) is 13.0. The summed E-state index contributed by atoms with van der Waals surface area (Å²) in [6.45, 7) is 3.03. The number of aryl methyl sites for hydroxylation is 1. The molecule has 0 bridgehead atoms. The minimum absolute atomic E-state index is 0.00323. The van der Waals surface area contributed by atoms with Crippen LogP contribution in [0.15, 0.2) is 44.8 Å². The maximum atomic E-state index is 12.3. The van der Waals surface area contributed by atoms with Gasteiger partial charge in [-0.05, 0) is 19.4 Å². The molecule has 0 spiro atoms. The fraction of sp³-hybridized carbons (Fsp3) is 0.231. The lowest BCUT2D eigenvalue weighted by Gasteiger charge is -2.14. The van der Waals surface area contributed by atoms with Gasteiger partial charge in [0.15, 0.2) is 4.90 Å². The highest BCUT2D eigenvalue weighted by Crippen LogP contribution is 2.15. The van der Waals surface area contributed by atoms with Crippen molar-refractivity contribution < 1.29 is 8.42 Å². The summed E-state index contributed by atoms with van der Waals surface area (Å²) in [7, 11) is -4.05. The van der Waals surface area contributed by atoms with E-state index in [2.05, 4.69) is 9.71 Å². The quantitative estimate of drug-likeness (QED) is 0.759. The van der Waals surface area contributed by atoms with Crippen LogP contribution in [0.2, 0.25) is 0 Å². The minimum atomic E-state index is -4.05. The van der Waals surface area contributed by atoms with Gasteiger partial charge in [0.2, 0.25) is 10.0 Å². The molecule has 112 valence electrons. The summed E-state index contributed by atoms with van der Waals surface area (Å²) < 4.78 is 27.1. The topological polar surface area (TPSA) is 112 Å². The highest BCUT2D eigenvalue weighted by atomic mass is 32.2. The smallest absolute Gasteiger partial charge is 0.310 e. The molecule has 1 atom stereocenters. The van der Waals surface area contributed by atoms with Gasteiger partial charge in [0.25, 0.3) is 5.56 Å². The van der Waals surface area contributed by atoms with Crippen LogP contribution in [-0.4, -0.2) is 18.4 Å². The van der Waals surface area contributed by atoms with Gasteiger partial charge >= 0.3 is 5.69 Å². The number of H-pyrrole nitrogens is 2. The van der Waals surface area contributed by atoms with Crippen LogP contribution in [0.3, 0.4) is 0 Å². The van der Waals surface area contributed by atoms with Gasteiger partial charge in [0.05, 0.1) is 0 Å². The Morgan fingerprint density at radius 2 is 1.71 bits per heavy atom. The van der Waals surface area contributed by atoms with Crippen molar-refractivity contribution in [2.24, 2.45) is 0 Å². The molecule has 1 aromatic carbocycles. The third-order valence-corrected chi connectivity index (χ3v) is 4.67. The Morgan fingerprint density at radius 3 is 2.29 bits per heavy atom. The standard InChI is InChI=1S/C13H15N3O4S/c1-8(10-6-4-3-5-7-10)16-21(19,20)11-9(2)14-13(18)15-12(11)17/h3-8,16H,1-2H3,(H2,14,15,17,18). The van der Waals surface area contributed by atoms with E-state index in [4.69, 9.17) is 0 Å². The molecule has 1 heterocycles. The Kier molecular flexibility index (Phi) is 4.10. The van der Waals surface area contributed by atoms with Gasteiger partial charge in [-0.2, -0.15) is 0 Å². The number of benzene rings is 1. The Balaban J connectivity index is 2.40. The molecule has 21 heavy (non-hydrogen) atoms. The summed E-state index contributed by atoms with van der Waals surface area (Å²) in [5.74, 6) is 0. The largest absolute Gasteiger partial charge is 0.325 e. The zero-order chi connectivity index (χ0) is 15.6. The summed E-state index contributed by atoms with van der Waals surface area (Å²) in [4.78, 5) is 26.5. The van der Waals surface area contributed by atoms with Crippen molar-refractivity contribution >= 4 is 10.0 Å². The van der Waals surface area contributed by atoms with Gasteiger partial charge < -0.3 is 4.98 Å². The van der Waals surface area contributed by atoms with Crippen LogP contribution in [0.1, 0.15) is 24.2 Å². The first-order valence-electron chi connectivity index (χ1n) is 6.22. The second kappa shape index (κ2) is 5.66. The summed E-state index contributed by atoms with van der Waals surface area (Å²) >= 11 is 0. The molecular weight excluding hydrogens is 294 g/mol. The molecule has 0 amide bonds. The fourth-order valence-corrected chi connectivity index (χ4v) is 3.48. The molecule has 0 aliphatic carbocycles. The number of rotatable bonds is 4. The maximum Gasteiger partial charge on any atom is 0.325 e. The number of hydrogen-bond donors (Lipinski definition) is 3. The number of aromatic amines is 2. The molecule has 0 fully saturated rings. The molecule has 0 radical (unpaired) electrons. The van der Waals surface area contributed by atoms with E-state index in [1.807, 2.05) is 11.1 Å². The molecule has 0 saturated heterocycles. The third kappa shape index (κ3) is 3.29. The third-order valence-electron chi connectivity index (χ3n) is 2.98. The SMILES string of the molecule is Cc1[nH]c(=O)[nH]c(=O)c1S(=O)(=O)NC(C)c1ccccc1. The molecule has 8 heteroatoms.